The third kappa shape index (κ3) is 3.84. The van der Waals surface area contributed by atoms with E-state index in [1.165, 1.54) is 0 Å². The van der Waals surface area contributed by atoms with Gasteiger partial charge in [0.1, 0.15) is 0 Å². The largest absolute Gasteiger partial charge is 0.345 e. The van der Waals surface area contributed by atoms with Crippen LogP contribution >= 0.6 is 0 Å². The van der Waals surface area contributed by atoms with E-state index in [1.807, 2.05) is 18.7 Å². The van der Waals surface area contributed by atoms with Crippen molar-refractivity contribution in [1.82, 2.24) is 20.0 Å². The smallest absolute Gasteiger partial charge is 0.236 e. The fourth-order valence-electron chi connectivity index (χ4n) is 1.71. The van der Waals surface area contributed by atoms with Crippen molar-refractivity contribution in [3.63, 3.8) is 0 Å². The average Bonchev–Trinajstić information content (AvgIpc) is 2.80. The molecule has 0 atom stereocenters. The first-order chi connectivity index (χ1) is 8.62. The molecular weight excluding hydrogens is 228 g/mol. The van der Waals surface area contributed by atoms with Crippen LogP contribution in [0.25, 0.3) is 0 Å². The van der Waals surface area contributed by atoms with Crippen molar-refractivity contribution in [2.75, 3.05) is 20.1 Å². The zero-order valence-corrected chi connectivity index (χ0v) is 11.9. The Morgan fingerprint density at radius 2 is 2.17 bits per heavy atom. The SMILES string of the molecule is CCc1cc(CNCC(=O)N(C)CC)n(CC)n1. The Morgan fingerprint density at radius 1 is 1.44 bits per heavy atom. The van der Waals surface area contributed by atoms with E-state index in [4.69, 9.17) is 0 Å². The maximum absolute atomic E-state index is 11.6. The second-order valence-corrected chi connectivity index (χ2v) is 4.31. The molecule has 0 aliphatic rings. The molecule has 1 amide bonds. The normalized spacial score (nSPS) is 10.7. The lowest BCUT2D eigenvalue weighted by Crippen LogP contribution is -2.35. The fourth-order valence-corrected chi connectivity index (χ4v) is 1.71. The molecule has 0 saturated heterocycles. The Balaban J connectivity index is 2.48. The summed E-state index contributed by atoms with van der Waals surface area (Å²) in [5.41, 5.74) is 2.24. The van der Waals surface area contributed by atoms with E-state index in [2.05, 4.69) is 30.3 Å². The van der Waals surface area contributed by atoms with Crippen LogP contribution in [0.15, 0.2) is 6.07 Å². The van der Waals surface area contributed by atoms with Crippen LogP contribution in [-0.4, -0.2) is 40.7 Å². The second-order valence-electron chi connectivity index (χ2n) is 4.31. The van der Waals surface area contributed by atoms with Crippen LogP contribution in [0.4, 0.5) is 0 Å². The molecule has 0 fully saturated rings. The molecule has 0 aromatic carbocycles. The van der Waals surface area contributed by atoms with Crippen LogP contribution in [0, 0.1) is 0 Å². The van der Waals surface area contributed by atoms with Gasteiger partial charge < -0.3 is 10.2 Å². The van der Waals surface area contributed by atoms with Crippen LogP contribution in [0.5, 0.6) is 0 Å². The van der Waals surface area contributed by atoms with Gasteiger partial charge >= 0.3 is 0 Å². The zero-order chi connectivity index (χ0) is 13.5. The van der Waals surface area contributed by atoms with Crippen molar-refractivity contribution in [3.05, 3.63) is 17.5 Å². The van der Waals surface area contributed by atoms with Gasteiger partial charge in [-0.05, 0) is 26.3 Å². The summed E-state index contributed by atoms with van der Waals surface area (Å²) in [7, 11) is 1.81. The highest BCUT2D eigenvalue weighted by molar-refractivity contribution is 5.77. The lowest BCUT2D eigenvalue weighted by molar-refractivity contribution is -0.128. The van der Waals surface area contributed by atoms with Gasteiger partial charge in [0.05, 0.1) is 17.9 Å². The third-order valence-corrected chi connectivity index (χ3v) is 3.06. The first-order valence-corrected chi connectivity index (χ1v) is 6.62. The van der Waals surface area contributed by atoms with Gasteiger partial charge in [0.2, 0.25) is 5.91 Å². The van der Waals surface area contributed by atoms with Crippen molar-refractivity contribution in [2.24, 2.45) is 0 Å². The van der Waals surface area contributed by atoms with E-state index in [-0.39, 0.29) is 5.91 Å². The highest BCUT2D eigenvalue weighted by Crippen LogP contribution is 2.05. The number of amides is 1. The molecule has 0 aliphatic carbocycles. The molecule has 102 valence electrons. The highest BCUT2D eigenvalue weighted by Gasteiger charge is 2.08. The van der Waals surface area contributed by atoms with E-state index in [0.717, 1.165) is 30.9 Å². The predicted octanol–water partition coefficient (Wildman–Crippen LogP) is 1.03. The van der Waals surface area contributed by atoms with Crippen LogP contribution in [0.1, 0.15) is 32.2 Å². The lowest BCUT2D eigenvalue weighted by atomic mass is 10.3. The number of nitrogens with one attached hydrogen (secondary N) is 1. The predicted molar refractivity (Wildman–Crippen MR) is 72.3 cm³/mol. The minimum Gasteiger partial charge on any atom is -0.345 e. The van der Waals surface area contributed by atoms with Crippen LogP contribution in [-0.2, 0) is 24.3 Å². The molecule has 1 aromatic rings. The van der Waals surface area contributed by atoms with Gasteiger partial charge in [-0.1, -0.05) is 6.92 Å². The average molecular weight is 252 g/mol. The fraction of sp³-hybridized carbons (Fsp3) is 0.692. The number of hydrogen-bond acceptors (Lipinski definition) is 3. The molecule has 5 heteroatoms. The summed E-state index contributed by atoms with van der Waals surface area (Å²) < 4.78 is 1.99. The molecule has 1 rings (SSSR count). The Morgan fingerprint density at radius 3 is 2.72 bits per heavy atom. The third-order valence-electron chi connectivity index (χ3n) is 3.06. The number of rotatable bonds is 7. The molecule has 0 bridgehead atoms. The van der Waals surface area contributed by atoms with Crippen LogP contribution in [0.3, 0.4) is 0 Å². The van der Waals surface area contributed by atoms with E-state index >= 15 is 0 Å². The van der Waals surface area contributed by atoms with Gasteiger partial charge in [-0.25, -0.2) is 0 Å². The van der Waals surface area contributed by atoms with E-state index < -0.39 is 0 Å². The molecule has 0 saturated carbocycles. The van der Waals surface area contributed by atoms with Gasteiger partial charge in [0, 0.05) is 26.7 Å². The van der Waals surface area contributed by atoms with Gasteiger partial charge in [-0.3, -0.25) is 9.48 Å². The molecule has 5 nitrogen and oxygen atoms in total. The minimum absolute atomic E-state index is 0.121. The molecule has 1 aromatic heterocycles. The van der Waals surface area contributed by atoms with Gasteiger partial charge in [-0.2, -0.15) is 5.10 Å². The Labute approximate surface area is 109 Å². The summed E-state index contributed by atoms with van der Waals surface area (Å²) in [6.07, 6.45) is 0.942. The van der Waals surface area contributed by atoms with Gasteiger partial charge in [0.25, 0.3) is 0 Å². The lowest BCUT2D eigenvalue weighted by Gasteiger charge is -2.14. The number of aromatic nitrogens is 2. The number of nitrogens with zero attached hydrogens (tertiary/aromatic N) is 3. The standard InChI is InChI=1S/C13H24N4O/c1-5-11-8-12(17(7-3)15-11)9-14-10-13(18)16(4)6-2/h8,14H,5-7,9-10H2,1-4H3. The summed E-state index contributed by atoms with van der Waals surface area (Å²) >= 11 is 0. The number of carbonyl (C=O) groups excluding carboxylic acids is 1. The monoisotopic (exact) mass is 252 g/mol. The summed E-state index contributed by atoms with van der Waals surface area (Å²) in [6.45, 7) is 8.81. The number of likely N-dealkylation sites (N-methyl/N-ethyl adjacent to an activating group) is 1. The number of aryl methyl sites for hydroxylation is 2. The topological polar surface area (TPSA) is 50.2 Å². The molecule has 0 radical (unpaired) electrons. The van der Waals surface area contributed by atoms with Crippen LogP contribution in [0.2, 0.25) is 0 Å². The molecule has 0 aliphatic heterocycles. The van der Waals surface area contributed by atoms with Gasteiger partial charge in [0.15, 0.2) is 0 Å². The molecule has 0 spiro atoms. The number of hydrogen-bond donors (Lipinski definition) is 1. The zero-order valence-electron chi connectivity index (χ0n) is 11.9. The Hall–Kier alpha value is -1.36. The van der Waals surface area contributed by atoms with Crippen molar-refractivity contribution in [1.29, 1.82) is 0 Å². The van der Waals surface area contributed by atoms with Crippen molar-refractivity contribution in [3.8, 4) is 0 Å². The molecule has 1 N–H and O–H groups in total. The molecule has 18 heavy (non-hydrogen) atoms. The van der Waals surface area contributed by atoms with E-state index in [1.54, 1.807) is 4.90 Å². The summed E-state index contributed by atoms with van der Waals surface area (Å²) in [5, 5.41) is 7.65. The second kappa shape index (κ2) is 7.16. The van der Waals surface area contributed by atoms with Crippen molar-refractivity contribution >= 4 is 5.91 Å². The van der Waals surface area contributed by atoms with Crippen LogP contribution < -0.4 is 5.32 Å². The van der Waals surface area contributed by atoms with Crippen molar-refractivity contribution < 1.29 is 4.79 Å². The first kappa shape index (κ1) is 14.7. The summed E-state index contributed by atoms with van der Waals surface area (Å²) in [4.78, 5) is 13.3. The van der Waals surface area contributed by atoms with Crippen molar-refractivity contribution in [2.45, 2.75) is 40.3 Å². The maximum atomic E-state index is 11.6. The highest BCUT2D eigenvalue weighted by atomic mass is 16.2. The first-order valence-electron chi connectivity index (χ1n) is 6.62. The quantitative estimate of drug-likeness (QED) is 0.788. The molecular formula is C13H24N4O. The molecule has 0 unspecified atom stereocenters. The van der Waals surface area contributed by atoms with Gasteiger partial charge in [-0.15, -0.1) is 0 Å². The number of carbonyl (C=O) groups is 1. The van der Waals surface area contributed by atoms with E-state index in [0.29, 0.717) is 13.1 Å². The Kier molecular flexibility index (Phi) is 5.85. The maximum Gasteiger partial charge on any atom is 0.236 e. The Bertz CT molecular complexity index is 386. The summed E-state index contributed by atoms with van der Waals surface area (Å²) in [6, 6.07) is 2.10. The molecule has 1 heterocycles. The summed E-state index contributed by atoms with van der Waals surface area (Å²) in [5.74, 6) is 0.121. The van der Waals surface area contributed by atoms with E-state index in [9.17, 15) is 4.79 Å². The minimum atomic E-state index is 0.121.